The molecular formula is C20H22O. The molecule has 1 unspecified atom stereocenters. The highest BCUT2D eigenvalue weighted by molar-refractivity contribution is 6.08. The lowest BCUT2D eigenvalue weighted by Gasteiger charge is -2.14. The van der Waals surface area contributed by atoms with Gasteiger partial charge >= 0.3 is 0 Å². The summed E-state index contributed by atoms with van der Waals surface area (Å²) < 4.78 is 0. The van der Waals surface area contributed by atoms with Gasteiger partial charge in [0.1, 0.15) is 0 Å². The maximum absolute atomic E-state index is 10.5. The van der Waals surface area contributed by atoms with Gasteiger partial charge in [0.05, 0.1) is 6.10 Å². The van der Waals surface area contributed by atoms with Crippen LogP contribution < -0.4 is 0 Å². The summed E-state index contributed by atoms with van der Waals surface area (Å²) in [6.07, 6.45) is 3.94. The van der Waals surface area contributed by atoms with Crippen LogP contribution in [0.25, 0.3) is 21.5 Å². The lowest BCUT2D eigenvalue weighted by atomic mass is 9.94. The molecule has 0 fully saturated rings. The van der Waals surface area contributed by atoms with E-state index in [4.69, 9.17) is 0 Å². The van der Waals surface area contributed by atoms with Crippen molar-refractivity contribution in [2.75, 3.05) is 0 Å². The van der Waals surface area contributed by atoms with E-state index in [0.717, 1.165) is 18.4 Å². The van der Waals surface area contributed by atoms with Gasteiger partial charge in [0.2, 0.25) is 0 Å². The van der Waals surface area contributed by atoms with Crippen molar-refractivity contribution in [3.63, 3.8) is 0 Å². The van der Waals surface area contributed by atoms with Crippen molar-refractivity contribution in [1.82, 2.24) is 0 Å². The van der Waals surface area contributed by atoms with E-state index >= 15 is 0 Å². The van der Waals surface area contributed by atoms with Crippen LogP contribution in [0.2, 0.25) is 0 Å². The average molecular weight is 278 g/mol. The maximum Gasteiger partial charge on any atom is 0.0796 e. The first-order valence-electron chi connectivity index (χ1n) is 7.89. The molecule has 1 heteroatoms. The summed E-state index contributed by atoms with van der Waals surface area (Å²) in [5.74, 6) is 0. The minimum atomic E-state index is -0.360. The van der Waals surface area contributed by atoms with E-state index in [1.807, 2.05) is 0 Å². The second-order valence-corrected chi connectivity index (χ2v) is 5.74. The Labute approximate surface area is 126 Å². The van der Waals surface area contributed by atoms with Gasteiger partial charge in [0.25, 0.3) is 0 Å². The Morgan fingerprint density at radius 2 is 1.62 bits per heavy atom. The standard InChI is InChI=1S/C20H22O/c1-2-3-4-12-20(21)19-11-7-10-17-16-9-6-5-8-15(16)13-14-18(17)19/h5-11,13-14,20-21H,2-4,12H2,1H3. The Bertz CT molecular complexity index is 745. The van der Waals surface area contributed by atoms with E-state index in [1.54, 1.807) is 0 Å². The molecule has 3 rings (SSSR count). The second-order valence-electron chi connectivity index (χ2n) is 5.74. The molecule has 0 spiro atoms. The third-order valence-electron chi connectivity index (χ3n) is 4.26. The number of fused-ring (bicyclic) bond motifs is 3. The summed E-state index contributed by atoms with van der Waals surface area (Å²) in [4.78, 5) is 0. The van der Waals surface area contributed by atoms with Gasteiger partial charge in [-0.15, -0.1) is 0 Å². The molecule has 0 heterocycles. The Balaban J connectivity index is 2.05. The SMILES string of the molecule is CCCCCC(O)c1cccc2c1ccc1ccccc12. The van der Waals surface area contributed by atoms with Gasteiger partial charge in [0, 0.05) is 0 Å². The molecule has 0 saturated heterocycles. The minimum Gasteiger partial charge on any atom is -0.388 e. The molecule has 0 aromatic heterocycles. The van der Waals surface area contributed by atoms with Gasteiger partial charge in [-0.05, 0) is 33.5 Å². The van der Waals surface area contributed by atoms with E-state index in [1.165, 1.54) is 34.4 Å². The van der Waals surface area contributed by atoms with Crippen molar-refractivity contribution in [2.24, 2.45) is 0 Å². The molecule has 0 aliphatic rings. The first kappa shape index (κ1) is 14.1. The first-order chi connectivity index (χ1) is 10.3. The van der Waals surface area contributed by atoms with E-state index in [-0.39, 0.29) is 6.10 Å². The van der Waals surface area contributed by atoms with Crippen LogP contribution in [0.4, 0.5) is 0 Å². The molecule has 0 radical (unpaired) electrons. The lowest BCUT2D eigenvalue weighted by molar-refractivity contribution is 0.165. The highest BCUT2D eigenvalue weighted by atomic mass is 16.3. The summed E-state index contributed by atoms with van der Waals surface area (Å²) in [5.41, 5.74) is 1.06. The predicted molar refractivity (Wildman–Crippen MR) is 90.6 cm³/mol. The zero-order valence-electron chi connectivity index (χ0n) is 12.5. The molecule has 1 atom stereocenters. The lowest BCUT2D eigenvalue weighted by Crippen LogP contribution is -1.98. The Morgan fingerprint density at radius 3 is 2.48 bits per heavy atom. The molecule has 1 N–H and O–H groups in total. The maximum atomic E-state index is 10.5. The van der Waals surface area contributed by atoms with E-state index in [9.17, 15) is 5.11 Å². The number of rotatable bonds is 5. The van der Waals surface area contributed by atoms with Crippen LogP contribution in [0, 0.1) is 0 Å². The van der Waals surface area contributed by atoms with E-state index in [0.29, 0.717) is 0 Å². The molecule has 0 aliphatic carbocycles. The van der Waals surface area contributed by atoms with Crippen LogP contribution in [0.5, 0.6) is 0 Å². The van der Waals surface area contributed by atoms with Crippen LogP contribution in [0.1, 0.15) is 44.3 Å². The van der Waals surface area contributed by atoms with E-state index < -0.39 is 0 Å². The molecule has 0 saturated carbocycles. The highest BCUT2D eigenvalue weighted by Crippen LogP contribution is 2.32. The topological polar surface area (TPSA) is 20.2 Å². The van der Waals surface area contributed by atoms with E-state index in [2.05, 4.69) is 61.5 Å². The molecule has 108 valence electrons. The minimum absolute atomic E-state index is 0.360. The van der Waals surface area contributed by atoms with Crippen molar-refractivity contribution < 1.29 is 5.11 Å². The van der Waals surface area contributed by atoms with Crippen molar-refractivity contribution in [3.05, 3.63) is 60.2 Å². The largest absolute Gasteiger partial charge is 0.388 e. The monoisotopic (exact) mass is 278 g/mol. The number of aliphatic hydroxyl groups excluding tert-OH is 1. The van der Waals surface area contributed by atoms with Gasteiger partial charge in [-0.1, -0.05) is 80.8 Å². The van der Waals surface area contributed by atoms with Crippen LogP contribution in [-0.4, -0.2) is 5.11 Å². The molecule has 0 bridgehead atoms. The molecule has 0 amide bonds. The second kappa shape index (κ2) is 6.28. The van der Waals surface area contributed by atoms with Gasteiger partial charge < -0.3 is 5.11 Å². The van der Waals surface area contributed by atoms with Crippen molar-refractivity contribution in [2.45, 2.75) is 38.7 Å². The quantitative estimate of drug-likeness (QED) is 0.475. The summed E-state index contributed by atoms with van der Waals surface area (Å²) in [6, 6.07) is 19.0. The smallest absolute Gasteiger partial charge is 0.0796 e. The highest BCUT2D eigenvalue weighted by Gasteiger charge is 2.11. The molecule has 21 heavy (non-hydrogen) atoms. The fraction of sp³-hybridized carbons (Fsp3) is 0.300. The molecule has 3 aromatic rings. The fourth-order valence-electron chi connectivity index (χ4n) is 3.10. The summed E-state index contributed by atoms with van der Waals surface area (Å²) in [6.45, 7) is 2.19. The van der Waals surface area contributed by atoms with Crippen LogP contribution in [-0.2, 0) is 0 Å². The zero-order valence-corrected chi connectivity index (χ0v) is 12.5. The molecule has 1 nitrogen and oxygen atoms in total. The van der Waals surface area contributed by atoms with Gasteiger partial charge in [-0.25, -0.2) is 0 Å². The van der Waals surface area contributed by atoms with Gasteiger partial charge in [-0.2, -0.15) is 0 Å². The summed E-state index contributed by atoms with van der Waals surface area (Å²) in [7, 11) is 0. The number of benzene rings is 3. The predicted octanol–water partition coefficient (Wildman–Crippen LogP) is 5.61. The van der Waals surface area contributed by atoms with Crippen LogP contribution in [0.3, 0.4) is 0 Å². The molecule has 0 aliphatic heterocycles. The summed E-state index contributed by atoms with van der Waals surface area (Å²) in [5, 5.41) is 15.4. The number of unbranched alkanes of at least 4 members (excludes halogenated alkanes) is 2. The van der Waals surface area contributed by atoms with Crippen molar-refractivity contribution >= 4 is 21.5 Å². The third kappa shape index (κ3) is 2.79. The van der Waals surface area contributed by atoms with Crippen LogP contribution in [0.15, 0.2) is 54.6 Å². The molecular weight excluding hydrogens is 256 g/mol. The fourth-order valence-corrected chi connectivity index (χ4v) is 3.10. The average Bonchev–Trinajstić information content (AvgIpc) is 2.54. The van der Waals surface area contributed by atoms with Gasteiger partial charge in [-0.3, -0.25) is 0 Å². The number of aliphatic hydroxyl groups is 1. The van der Waals surface area contributed by atoms with Crippen molar-refractivity contribution in [3.8, 4) is 0 Å². The summed E-state index contributed by atoms with van der Waals surface area (Å²) >= 11 is 0. The Hall–Kier alpha value is -1.86. The third-order valence-corrected chi connectivity index (χ3v) is 4.26. The first-order valence-corrected chi connectivity index (χ1v) is 7.89. The van der Waals surface area contributed by atoms with Gasteiger partial charge in [0.15, 0.2) is 0 Å². The Kier molecular flexibility index (Phi) is 4.21. The number of hydrogen-bond acceptors (Lipinski definition) is 1. The number of hydrogen-bond donors (Lipinski definition) is 1. The Morgan fingerprint density at radius 1 is 0.810 bits per heavy atom. The zero-order chi connectivity index (χ0) is 14.7. The molecule has 3 aromatic carbocycles. The normalized spacial score (nSPS) is 12.9. The van der Waals surface area contributed by atoms with Crippen molar-refractivity contribution in [1.29, 1.82) is 0 Å². The van der Waals surface area contributed by atoms with Crippen LogP contribution >= 0.6 is 0 Å².